The van der Waals surface area contributed by atoms with Crippen molar-refractivity contribution in [1.82, 2.24) is 9.55 Å². The Bertz CT molecular complexity index is 559. The van der Waals surface area contributed by atoms with Crippen molar-refractivity contribution in [2.24, 2.45) is 0 Å². The summed E-state index contributed by atoms with van der Waals surface area (Å²) >= 11 is 0.933. The van der Waals surface area contributed by atoms with Gasteiger partial charge < -0.3 is 15.3 Å². The number of rotatable bonds is 2. The van der Waals surface area contributed by atoms with E-state index in [-0.39, 0.29) is 6.61 Å². The van der Waals surface area contributed by atoms with Crippen molar-refractivity contribution < 1.29 is 19.7 Å². The molecule has 18 heavy (non-hydrogen) atoms. The van der Waals surface area contributed by atoms with Gasteiger partial charge in [-0.25, -0.2) is 4.79 Å². The SMILES string of the molecule is O=c1[nH]c(=O)n(C2S[C@@H](CO)[C@H](O)[C@H]2O)cc1F. The van der Waals surface area contributed by atoms with Gasteiger partial charge in [-0.15, -0.1) is 11.8 Å². The first kappa shape index (κ1) is 13.3. The van der Waals surface area contributed by atoms with Crippen LogP contribution in [-0.2, 0) is 0 Å². The molecule has 0 radical (unpaired) electrons. The number of nitrogens with zero attached hydrogens (tertiary/aromatic N) is 1. The summed E-state index contributed by atoms with van der Waals surface area (Å²) in [4.78, 5) is 24.1. The van der Waals surface area contributed by atoms with E-state index in [1.165, 1.54) is 0 Å². The fraction of sp³-hybridized carbons (Fsp3) is 0.556. The van der Waals surface area contributed by atoms with Gasteiger partial charge in [-0.1, -0.05) is 0 Å². The van der Waals surface area contributed by atoms with Gasteiger partial charge in [0.15, 0.2) is 0 Å². The van der Waals surface area contributed by atoms with E-state index < -0.39 is 39.9 Å². The number of aromatic nitrogens is 2. The number of aliphatic hydroxyl groups excluding tert-OH is 3. The summed E-state index contributed by atoms with van der Waals surface area (Å²) in [6.07, 6.45) is -1.89. The molecule has 1 aromatic heterocycles. The molecule has 0 saturated carbocycles. The molecule has 1 fully saturated rings. The molecule has 0 bridgehead atoms. The lowest BCUT2D eigenvalue weighted by atomic mass is 10.1. The average molecular weight is 278 g/mol. The Morgan fingerprint density at radius 1 is 1.39 bits per heavy atom. The number of halogens is 1. The zero-order valence-electron chi connectivity index (χ0n) is 8.99. The van der Waals surface area contributed by atoms with Crippen LogP contribution in [0.25, 0.3) is 0 Å². The lowest BCUT2D eigenvalue weighted by Crippen LogP contribution is -2.38. The van der Waals surface area contributed by atoms with Gasteiger partial charge in [-0.3, -0.25) is 14.3 Å². The average Bonchev–Trinajstić information content (AvgIpc) is 2.61. The van der Waals surface area contributed by atoms with Crippen molar-refractivity contribution in [2.45, 2.75) is 22.8 Å². The van der Waals surface area contributed by atoms with Gasteiger partial charge in [-0.2, -0.15) is 4.39 Å². The first-order valence-electron chi connectivity index (χ1n) is 5.09. The van der Waals surface area contributed by atoms with E-state index in [1.807, 2.05) is 0 Å². The summed E-state index contributed by atoms with van der Waals surface area (Å²) in [5, 5.41) is 26.7. The smallest absolute Gasteiger partial charge is 0.329 e. The van der Waals surface area contributed by atoms with Gasteiger partial charge in [0.2, 0.25) is 5.82 Å². The maximum atomic E-state index is 13.1. The maximum Gasteiger partial charge on any atom is 0.329 e. The molecule has 0 amide bonds. The highest BCUT2D eigenvalue weighted by atomic mass is 32.2. The Balaban J connectivity index is 2.42. The third kappa shape index (κ3) is 2.09. The number of aliphatic hydroxyl groups is 3. The lowest BCUT2D eigenvalue weighted by Gasteiger charge is -2.17. The van der Waals surface area contributed by atoms with Crippen LogP contribution in [0.2, 0.25) is 0 Å². The van der Waals surface area contributed by atoms with Gasteiger partial charge in [0, 0.05) is 0 Å². The minimum Gasteiger partial charge on any atom is -0.395 e. The number of aromatic amines is 1. The molecule has 0 aromatic carbocycles. The summed E-state index contributed by atoms with van der Waals surface area (Å²) in [7, 11) is 0. The predicted molar refractivity (Wildman–Crippen MR) is 60.8 cm³/mol. The molecule has 2 rings (SSSR count). The van der Waals surface area contributed by atoms with Crippen molar-refractivity contribution in [3.05, 3.63) is 32.9 Å². The minimum absolute atomic E-state index is 0.389. The van der Waals surface area contributed by atoms with Crippen LogP contribution < -0.4 is 11.2 Å². The van der Waals surface area contributed by atoms with Crippen molar-refractivity contribution in [3.63, 3.8) is 0 Å². The van der Waals surface area contributed by atoms with E-state index in [1.54, 1.807) is 4.98 Å². The Kier molecular flexibility index (Phi) is 3.57. The van der Waals surface area contributed by atoms with Crippen LogP contribution in [0.4, 0.5) is 4.39 Å². The van der Waals surface area contributed by atoms with Crippen molar-refractivity contribution in [1.29, 1.82) is 0 Å². The fourth-order valence-corrected chi connectivity index (χ4v) is 3.14. The third-order valence-corrected chi connectivity index (χ3v) is 4.28. The predicted octanol–water partition coefficient (Wildman–Crippen LogP) is -2.00. The molecule has 2 heterocycles. The van der Waals surface area contributed by atoms with Gasteiger partial charge in [0.25, 0.3) is 5.56 Å². The van der Waals surface area contributed by atoms with E-state index in [0.717, 1.165) is 16.3 Å². The van der Waals surface area contributed by atoms with Gasteiger partial charge in [-0.05, 0) is 0 Å². The quantitative estimate of drug-likeness (QED) is 0.497. The molecule has 1 aliphatic rings. The molecular weight excluding hydrogens is 267 g/mol. The van der Waals surface area contributed by atoms with Gasteiger partial charge >= 0.3 is 5.69 Å². The molecular formula is C9H11FN2O5S. The van der Waals surface area contributed by atoms with E-state index in [0.29, 0.717) is 6.20 Å². The van der Waals surface area contributed by atoms with Crippen LogP contribution >= 0.6 is 11.8 Å². The fourth-order valence-electron chi connectivity index (χ4n) is 1.76. The van der Waals surface area contributed by atoms with Crippen LogP contribution in [0, 0.1) is 5.82 Å². The zero-order valence-corrected chi connectivity index (χ0v) is 9.80. The molecule has 1 aromatic rings. The Labute approximate surface area is 104 Å². The molecule has 4 N–H and O–H groups in total. The molecule has 100 valence electrons. The second kappa shape index (κ2) is 4.84. The monoisotopic (exact) mass is 278 g/mol. The van der Waals surface area contributed by atoms with Crippen LogP contribution in [0.5, 0.6) is 0 Å². The van der Waals surface area contributed by atoms with Crippen molar-refractivity contribution in [2.75, 3.05) is 6.61 Å². The molecule has 0 spiro atoms. The number of H-pyrrole nitrogens is 1. The van der Waals surface area contributed by atoms with Crippen LogP contribution in [0.15, 0.2) is 15.8 Å². The summed E-state index contributed by atoms with van der Waals surface area (Å²) in [5.74, 6) is -1.16. The highest BCUT2D eigenvalue weighted by Gasteiger charge is 2.43. The molecule has 1 aliphatic heterocycles. The third-order valence-electron chi connectivity index (χ3n) is 2.72. The Morgan fingerprint density at radius 3 is 2.61 bits per heavy atom. The van der Waals surface area contributed by atoms with E-state index >= 15 is 0 Å². The summed E-state index contributed by atoms with van der Waals surface area (Å²) in [6.45, 7) is -0.389. The van der Waals surface area contributed by atoms with E-state index in [4.69, 9.17) is 5.11 Å². The van der Waals surface area contributed by atoms with Crippen LogP contribution in [0.1, 0.15) is 5.37 Å². The summed E-state index contributed by atoms with van der Waals surface area (Å²) < 4.78 is 13.9. The lowest BCUT2D eigenvalue weighted by molar-refractivity contribution is 0.00997. The Hall–Kier alpha value is -1.16. The van der Waals surface area contributed by atoms with Gasteiger partial charge in [0.1, 0.15) is 11.5 Å². The van der Waals surface area contributed by atoms with Gasteiger partial charge in [0.05, 0.1) is 24.2 Å². The zero-order chi connectivity index (χ0) is 13.4. The number of thioether (sulfide) groups is 1. The minimum atomic E-state index is -1.34. The Morgan fingerprint density at radius 2 is 2.06 bits per heavy atom. The standard InChI is InChI=1S/C9H11FN2O5S/c10-3-1-12(9(17)11-7(3)16)8-6(15)5(14)4(2-13)18-8/h1,4-6,8,13-15H,2H2,(H,11,16,17)/t4-,5-,6+,8?/m0/s1. The molecule has 0 aliphatic carbocycles. The highest BCUT2D eigenvalue weighted by Crippen LogP contribution is 2.40. The summed E-state index contributed by atoms with van der Waals surface area (Å²) in [5.41, 5.74) is -2.03. The molecule has 7 nitrogen and oxygen atoms in total. The van der Waals surface area contributed by atoms with E-state index in [2.05, 4.69) is 0 Å². The topological polar surface area (TPSA) is 116 Å². The maximum absolute atomic E-state index is 13.1. The van der Waals surface area contributed by atoms with E-state index in [9.17, 15) is 24.2 Å². The second-order valence-electron chi connectivity index (χ2n) is 3.87. The molecule has 1 saturated heterocycles. The van der Waals surface area contributed by atoms with Crippen LogP contribution in [-0.4, -0.2) is 48.9 Å². The van der Waals surface area contributed by atoms with Crippen LogP contribution in [0.3, 0.4) is 0 Å². The number of nitrogens with one attached hydrogen (secondary N) is 1. The van der Waals surface area contributed by atoms with Crippen molar-refractivity contribution in [3.8, 4) is 0 Å². The first-order valence-corrected chi connectivity index (χ1v) is 6.03. The number of hydrogen-bond acceptors (Lipinski definition) is 6. The number of hydrogen-bond donors (Lipinski definition) is 4. The highest BCUT2D eigenvalue weighted by molar-refractivity contribution is 8.00. The molecule has 1 unspecified atom stereocenters. The molecule has 9 heteroatoms. The first-order chi connectivity index (χ1) is 8.45. The normalized spacial score (nSPS) is 31.8. The molecule has 4 atom stereocenters. The second-order valence-corrected chi connectivity index (χ2v) is 5.23. The summed E-state index contributed by atoms with van der Waals surface area (Å²) in [6, 6.07) is 0. The largest absolute Gasteiger partial charge is 0.395 e. The van der Waals surface area contributed by atoms with Crippen molar-refractivity contribution >= 4 is 11.8 Å².